The van der Waals surface area contributed by atoms with Crippen LogP contribution in [0.5, 0.6) is 0 Å². The highest BCUT2D eigenvalue weighted by Crippen LogP contribution is 2.34. The lowest BCUT2D eigenvalue weighted by molar-refractivity contribution is -0.144. The standard InChI is InChI=1S/C13H21F3N4/c1-12(2)8-20(5-4-10(12)17)7-9-6-18-19(3)11(9)13(14,15)16/h6,10H,4-5,7-8,17H2,1-3H3. The van der Waals surface area contributed by atoms with Gasteiger partial charge in [0.15, 0.2) is 0 Å². The lowest BCUT2D eigenvalue weighted by Crippen LogP contribution is -2.52. The largest absolute Gasteiger partial charge is 0.433 e. The van der Waals surface area contributed by atoms with E-state index in [0.29, 0.717) is 6.54 Å². The van der Waals surface area contributed by atoms with Crippen LogP contribution in [-0.2, 0) is 19.8 Å². The highest BCUT2D eigenvalue weighted by atomic mass is 19.4. The van der Waals surface area contributed by atoms with Gasteiger partial charge in [-0.1, -0.05) is 13.8 Å². The molecule has 1 aromatic rings. The summed E-state index contributed by atoms with van der Waals surface area (Å²) in [5, 5.41) is 3.75. The third-order valence-electron chi connectivity index (χ3n) is 4.07. The molecule has 2 N–H and O–H groups in total. The minimum Gasteiger partial charge on any atom is -0.327 e. The maximum atomic E-state index is 13.0. The van der Waals surface area contributed by atoms with Crippen molar-refractivity contribution in [3.05, 3.63) is 17.5 Å². The van der Waals surface area contributed by atoms with Crippen molar-refractivity contribution >= 4 is 0 Å². The molecule has 1 aliphatic rings. The third-order valence-corrected chi connectivity index (χ3v) is 4.07. The summed E-state index contributed by atoms with van der Waals surface area (Å²) >= 11 is 0. The Balaban J connectivity index is 2.16. The van der Waals surface area contributed by atoms with Gasteiger partial charge in [0.25, 0.3) is 0 Å². The van der Waals surface area contributed by atoms with E-state index in [1.807, 2.05) is 4.90 Å². The van der Waals surface area contributed by atoms with Crippen molar-refractivity contribution in [2.24, 2.45) is 18.2 Å². The van der Waals surface area contributed by atoms with Crippen LogP contribution >= 0.6 is 0 Å². The van der Waals surface area contributed by atoms with Crippen molar-refractivity contribution in [1.29, 1.82) is 0 Å². The molecular weight excluding hydrogens is 269 g/mol. The minimum atomic E-state index is -4.37. The van der Waals surface area contributed by atoms with Crippen molar-refractivity contribution in [3.8, 4) is 0 Å². The van der Waals surface area contributed by atoms with Gasteiger partial charge in [-0.25, -0.2) is 0 Å². The first-order chi connectivity index (χ1) is 9.11. The number of hydrogen-bond donors (Lipinski definition) is 1. The molecule has 0 aromatic carbocycles. The van der Waals surface area contributed by atoms with Crippen LogP contribution in [0.25, 0.3) is 0 Å². The number of aromatic nitrogens is 2. The Bertz CT molecular complexity index is 478. The zero-order valence-corrected chi connectivity index (χ0v) is 12.0. The Morgan fingerprint density at radius 3 is 2.65 bits per heavy atom. The zero-order chi connectivity index (χ0) is 15.1. The van der Waals surface area contributed by atoms with E-state index in [-0.39, 0.29) is 23.6 Å². The number of piperidine rings is 1. The SMILES string of the molecule is Cn1ncc(CN2CCC(N)C(C)(C)C2)c1C(F)(F)F. The maximum absolute atomic E-state index is 13.0. The molecule has 0 bridgehead atoms. The van der Waals surface area contributed by atoms with Crippen molar-refractivity contribution in [3.63, 3.8) is 0 Å². The minimum absolute atomic E-state index is 0.0845. The summed E-state index contributed by atoms with van der Waals surface area (Å²) in [5.74, 6) is 0. The van der Waals surface area contributed by atoms with E-state index in [2.05, 4.69) is 18.9 Å². The lowest BCUT2D eigenvalue weighted by Gasteiger charge is -2.42. The molecule has 2 rings (SSSR count). The summed E-state index contributed by atoms with van der Waals surface area (Å²) in [4.78, 5) is 2.02. The van der Waals surface area contributed by atoms with E-state index in [4.69, 9.17) is 5.73 Å². The van der Waals surface area contributed by atoms with Crippen molar-refractivity contribution < 1.29 is 13.2 Å². The van der Waals surface area contributed by atoms with E-state index < -0.39 is 11.9 Å². The van der Waals surface area contributed by atoms with Crippen molar-refractivity contribution in [2.45, 2.75) is 39.0 Å². The molecule has 4 nitrogen and oxygen atoms in total. The van der Waals surface area contributed by atoms with Crippen LogP contribution in [-0.4, -0.2) is 33.8 Å². The molecule has 1 aliphatic heterocycles. The number of likely N-dealkylation sites (tertiary alicyclic amines) is 1. The Morgan fingerprint density at radius 1 is 1.45 bits per heavy atom. The molecule has 0 saturated carbocycles. The number of nitrogens with zero attached hydrogens (tertiary/aromatic N) is 3. The number of alkyl halides is 3. The van der Waals surface area contributed by atoms with Gasteiger partial charge in [0.05, 0.1) is 6.20 Å². The molecule has 2 heterocycles. The third kappa shape index (κ3) is 2.98. The van der Waals surface area contributed by atoms with Crippen LogP contribution in [0, 0.1) is 5.41 Å². The van der Waals surface area contributed by atoms with Gasteiger partial charge in [-0.3, -0.25) is 9.58 Å². The fourth-order valence-corrected chi connectivity index (χ4v) is 2.83. The predicted octanol–water partition coefficient (Wildman–Crippen LogP) is 2.00. The molecule has 20 heavy (non-hydrogen) atoms. The molecule has 1 saturated heterocycles. The van der Waals surface area contributed by atoms with Gasteiger partial charge in [-0.05, 0) is 11.8 Å². The molecule has 114 valence electrons. The zero-order valence-electron chi connectivity index (χ0n) is 12.0. The first-order valence-corrected chi connectivity index (χ1v) is 6.67. The summed E-state index contributed by atoms with van der Waals surface area (Å²) in [5.41, 5.74) is 5.53. The second-order valence-corrected chi connectivity index (χ2v) is 6.23. The second-order valence-electron chi connectivity index (χ2n) is 6.23. The smallest absolute Gasteiger partial charge is 0.327 e. The van der Waals surface area contributed by atoms with Gasteiger partial charge < -0.3 is 5.73 Å². The van der Waals surface area contributed by atoms with E-state index in [0.717, 1.165) is 17.6 Å². The number of hydrogen-bond acceptors (Lipinski definition) is 3. The maximum Gasteiger partial charge on any atom is 0.433 e. The molecule has 0 aliphatic carbocycles. The second kappa shape index (κ2) is 5.04. The van der Waals surface area contributed by atoms with Crippen LogP contribution in [0.3, 0.4) is 0 Å². The van der Waals surface area contributed by atoms with Gasteiger partial charge >= 0.3 is 6.18 Å². The normalized spacial score (nSPS) is 24.1. The van der Waals surface area contributed by atoms with Crippen LogP contribution in [0.1, 0.15) is 31.5 Å². The van der Waals surface area contributed by atoms with Gasteiger partial charge in [0.2, 0.25) is 0 Å². The molecule has 1 atom stereocenters. The van der Waals surface area contributed by atoms with Crippen LogP contribution < -0.4 is 5.73 Å². The van der Waals surface area contributed by atoms with Gasteiger partial charge in [-0.2, -0.15) is 18.3 Å². The van der Waals surface area contributed by atoms with E-state index in [1.165, 1.54) is 13.2 Å². The highest BCUT2D eigenvalue weighted by molar-refractivity contribution is 5.20. The summed E-state index contributed by atoms with van der Waals surface area (Å²) in [7, 11) is 1.32. The molecule has 1 fully saturated rings. The Hall–Kier alpha value is -1.08. The predicted molar refractivity (Wildman–Crippen MR) is 69.9 cm³/mol. The van der Waals surface area contributed by atoms with Crippen LogP contribution in [0.15, 0.2) is 6.20 Å². The van der Waals surface area contributed by atoms with Gasteiger partial charge in [-0.15, -0.1) is 0 Å². The molecule has 0 radical (unpaired) electrons. The van der Waals surface area contributed by atoms with Crippen molar-refractivity contribution in [1.82, 2.24) is 14.7 Å². The summed E-state index contributed by atoms with van der Waals surface area (Å²) in [6, 6.07) is 0.0923. The molecule has 0 spiro atoms. The Morgan fingerprint density at radius 2 is 2.10 bits per heavy atom. The Kier molecular flexibility index (Phi) is 3.85. The van der Waals surface area contributed by atoms with Crippen molar-refractivity contribution in [2.75, 3.05) is 13.1 Å². The number of nitrogens with two attached hydrogens (primary N) is 1. The summed E-state index contributed by atoms with van der Waals surface area (Å²) in [6.45, 7) is 5.78. The molecular formula is C13H21F3N4. The fourth-order valence-electron chi connectivity index (χ4n) is 2.83. The van der Waals surface area contributed by atoms with Crippen LogP contribution in [0.2, 0.25) is 0 Å². The summed E-state index contributed by atoms with van der Waals surface area (Å²) < 4.78 is 39.9. The van der Waals surface area contributed by atoms with Crippen LogP contribution in [0.4, 0.5) is 13.2 Å². The monoisotopic (exact) mass is 290 g/mol. The quantitative estimate of drug-likeness (QED) is 0.906. The number of halogens is 3. The fraction of sp³-hybridized carbons (Fsp3) is 0.769. The first kappa shape index (κ1) is 15.3. The molecule has 0 amide bonds. The van der Waals surface area contributed by atoms with Gasteiger partial charge in [0.1, 0.15) is 5.69 Å². The van der Waals surface area contributed by atoms with E-state index in [9.17, 15) is 13.2 Å². The average molecular weight is 290 g/mol. The highest BCUT2D eigenvalue weighted by Gasteiger charge is 2.39. The summed E-state index contributed by atoms with van der Waals surface area (Å²) in [6.07, 6.45) is -2.26. The molecule has 1 aromatic heterocycles. The lowest BCUT2D eigenvalue weighted by atomic mass is 9.79. The number of rotatable bonds is 2. The number of aryl methyl sites for hydroxylation is 1. The van der Waals surface area contributed by atoms with E-state index >= 15 is 0 Å². The first-order valence-electron chi connectivity index (χ1n) is 6.67. The molecule has 7 heteroatoms. The van der Waals surface area contributed by atoms with Gasteiger partial charge in [0, 0.05) is 38.3 Å². The Labute approximate surface area is 116 Å². The molecule has 1 unspecified atom stereocenters. The topological polar surface area (TPSA) is 47.1 Å². The van der Waals surface area contributed by atoms with E-state index in [1.54, 1.807) is 0 Å². The average Bonchev–Trinajstić information content (AvgIpc) is 2.64.